The van der Waals surface area contributed by atoms with Crippen LogP contribution in [0.25, 0.3) is 0 Å². The molecule has 1 N–H and O–H groups in total. The predicted molar refractivity (Wildman–Crippen MR) is 116 cm³/mol. The highest BCUT2D eigenvalue weighted by Gasteiger charge is 2.32. The molecule has 0 radical (unpaired) electrons. The Morgan fingerprint density at radius 1 is 0.929 bits per heavy atom. The SMILES string of the molecule is Cc1cc(C)c(OCC(O)C[N+]2(Cc3ccccc3)CCCCCC2)c(C)c1. The third-order valence-corrected chi connectivity index (χ3v) is 6.00. The number of benzene rings is 2. The zero-order chi connectivity index (χ0) is 20.0. The van der Waals surface area contributed by atoms with E-state index >= 15 is 0 Å². The summed E-state index contributed by atoms with van der Waals surface area (Å²) in [5.41, 5.74) is 4.91. The third-order valence-electron chi connectivity index (χ3n) is 6.00. The summed E-state index contributed by atoms with van der Waals surface area (Å²) in [7, 11) is 0. The molecular weight excluding hydrogens is 346 g/mol. The molecule has 0 bridgehead atoms. The fourth-order valence-corrected chi connectivity index (χ4v) is 4.81. The minimum Gasteiger partial charge on any atom is -0.490 e. The first-order valence-corrected chi connectivity index (χ1v) is 10.8. The Balaban J connectivity index is 1.68. The van der Waals surface area contributed by atoms with Crippen molar-refractivity contribution in [2.24, 2.45) is 0 Å². The van der Waals surface area contributed by atoms with Gasteiger partial charge in [-0.3, -0.25) is 0 Å². The van der Waals surface area contributed by atoms with E-state index in [1.54, 1.807) is 0 Å². The molecule has 0 aliphatic carbocycles. The lowest BCUT2D eigenvalue weighted by atomic mass is 10.1. The molecule has 1 unspecified atom stereocenters. The van der Waals surface area contributed by atoms with Crippen LogP contribution < -0.4 is 4.74 Å². The van der Waals surface area contributed by atoms with E-state index in [2.05, 4.69) is 63.2 Å². The maximum absolute atomic E-state index is 10.9. The van der Waals surface area contributed by atoms with Gasteiger partial charge in [-0.05, 0) is 57.6 Å². The zero-order valence-electron chi connectivity index (χ0n) is 17.8. The largest absolute Gasteiger partial charge is 0.490 e. The summed E-state index contributed by atoms with van der Waals surface area (Å²) in [4.78, 5) is 0. The van der Waals surface area contributed by atoms with E-state index in [0.29, 0.717) is 6.61 Å². The average molecular weight is 383 g/mol. The molecule has 0 amide bonds. The first-order chi connectivity index (χ1) is 13.5. The summed E-state index contributed by atoms with van der Waals surface area (Å²) < 4.78 is 7.06. The van der Waals surface area contributed by atoms with Gasteiger partial charge in [0.2, 0.25) is 0 Å². The molecule has 0 aromatic heterocycles. The van der Waals surface area contributed by atoms with Crippen LogP contribution in [0.5, 0.6) is 5.75 Å². The van der Waals surface area contributed by atoms with Gasteiger partial charge in [-0.2, -0.15) is 0 Å². The van der Waals surface area contributed by atoms with Crippen molar-refractivity contribution in [3.05, 3.63) is 64.7 Å². The third kappa shape index (κ3) is 5.59. The molecule has 152 valence electrons. The minimum absolute atomic E-state index is 0.361. The Morgan fingerprint density at radius 2 is 1.54 bits per heavy atom. The van der Waals surface area contributed by atoms with Gasteiger partial charge in [0, 0.05) is 5.56 Å². The Hall–Kier alpha value is -1.84. The maximum atomic E-state index is 10.9. The van der Waals surface area contributed by atoms with E-state index in [1.165, 1.54) is 36.8 Å². The second-order valence-corrected chi connectivity index (χ2v) is 8.72. The van der Waals surface area contributed by atoms with Gasteiger partial charge in [-0.15, -0.1) is 0 Å². The fraction of sp³-hybridized carbons (Fsp3) is 0.520. The van der Waals surface area contributed by atoms with Crippen LogP contribution in [0.3, 0.4) is 0 Å². The maximum Gasteiger partial charge on any atom is 0.137 e. The zero-order valence-corrected chi connectivity index (χ0v) is 17.8. The van der Waals surface area contributed by atoms with Gasteiger partial charge in [0.05, 0.1) is 13.1 Å². The minimum atomic E-state index is -0.457. The van der Waals surface area contributed by atoms with Crippen molar-refractivity contribution in [1.29, 1.82) is 0 Å². The van der Waals surface area contributed by atoms with Crippen molar-refractivity contribution >= 4 is 0 Å². The summed E-state index contributed by atoms with van der Waals surface area (Å²) in [5, 5.41) is 10.9. The summed E-state index contributed by atoms with van der Waals surface area (Å²) in [6, 6.07) is 15.0. The number of aryl methyl sites for hydroxylation is 3. The molecule has 1 fully saturated rings. The Kier molecular flexibility index (Phi) is 7.14. The number of ether oxygens (including phenoxy) is 1. The monoisotopic (exact) mass is 382 g/mol. The van der Waals surface area contributed by atoms with Crippen molar-refractivity contribution in [2.45, 2.75) is 59.1 Å². The topological polar surface area (TPSA) is 29.5 Å². The molecule has 1 aliphatic rings. The van der Waals surface area contributed by atoms with E-state index in [-0.39, 0.29) is 0 Å². The molecule has 2 aromatic carbocycles. The highest BCUT2D eigenvalue weighted by Crippen LogP contribution is 2.26. The lowest BCUT2D eigenvalue weighted by Gasteiger charge is -2.39. The molecule has 28 heavy (non-hydrogen) atoms. The molecule has 3 heteroatoms. The van der Waals surface area contributed by atoms with Gasteiger partial charge < -0.3 is 14.3 Å². The molecule has 1 atom stereocenters. The molecule has 3 nitrogen and oxygen atoms in total. The summed E-state index contributed by atoms with van der Waals surface area (Å²) in [5.74, 6) is 0.926. The Morgan fingerprint density at radius 3 is 2.14 bits per heavy atom. The molecule has 1 aliphatic heterocycles. The van der Waals surface area contributed by atoms with Crippen LogP contribution in [0.4, 0.5) is 0 Å². The normalized spacial score (nSPS) is 17.7. The second kappa shape index (κ2) is 9.58. The Labute approximate surface area is 170 Å². The van der Waals surface area contributed by atoms with Crippen molar-refractivity contribution < 1.29 is 14.3 Å². The number of likely N-dealkylation sites (tertiary alicyclic amines) is 1. The lowest BCUT2D eigenvalue weighted by molar-refractivity contribution is -0.942. The summed E-state index contributed by atoms with van der Waals surface area (Å²) in [6.45, 7) is 10.7. The van der Waals surface area contributed by atoms with Crippen LogP contribution in [-0.4, -0.2) is 41.9 Å². The van der Waals surface area contributed by atoms with Gasteiger partial charge >= 0.3 is 0 Å². The van der Waals surface area contributed by atoms with E-state index < -0.39 is 6.10 Å². The molecule has 1 saturated heterocycles. The highest BCUT2D eigenvalue weighted by molar-refractivity contribution is 5.42. The van der Waals surface area contributed by atoms with E-state index in [1.807, 2.05) is 0 Å². The van der Waals surface area contributed by atoms with Gasteiger partial charge in [-0.1, -0.05) is 48.0 Å². The first kappa shape index (κ1) is 20.9. The van der Waals surface area contributed by atoms with Gasteiger partial charge in [0.25, 0.3) is 0 Å². The number of hydrogen-bond donors (Lipinski definition) is 1. The number of nitrogens with zero attached hydrogens (tertiary/aromatic N) is 1. The van der Waals surface area contributed by atoms with Crippen LogP contribution in [0.1, 0.15) is 47.9 Å². The van der Waals surface area contributed by atoms with Crippen LogP contribution in [0.15, 0.2) is 42.5 Å². The van der Waals surface area contributed by atoms with E-state index in [4.69, 9.17) is 4.74 Å². The molecular formula is C25H36NO2+. The summed E-state index contributed by atoms with van der Waals surface area (Å²) >= 11 is 0. The van der Waals surface area contributed by atoms with Crippen LogP contribution >= 0.6 is 0 Å². The van der Waals surface area contributed by atoms with Crippen molar-refractivity contribution in [3.8, 4) is 5.75 Å². The van der Waals surface area contributed by atoms with Crippen molar-refractivity contribution in [1.82, 2.24) is 0 Å². The van der Waals surface area contributed by atoms with Gasteiger partial charge in [-0.25, -0.2) is 0 Å². The number of aliphatic hydroxyl groups excluding tert-OH is 1. The molecule has 1 heterocycles. The molecule has 0 spiro atoms. The quantitative estimate of drug-likeness (QED) is 0.687. The number of hydrogen-bond acceptors (Lipinski definition) is 2. The molecule has 2 aromatic rings. The smallest absolute Gasteiger partial charge is 0.137 e. The second-order valence-electron chi connectivity index (χ2n) is 8.72. The number of aliphatic hydroxyl groups is 1. The van der Waals surface area contributed by atoms with Crippen LogP contribution in [0, 0.1) is 20.8 Å². The highest BCUT2D eigenvalue weighted by atomic mass is 16.5. The summed E-state index contributed by atoms with van der Waals surface area (Å²) in [6.07, 6.45) is 4.65. The van der Waals surface area contributed by atoms with Crippen molar-refractivity contribution in [2.75, 3.05) is 26.2 Å². The first-order valence-electron chi connectivity index (χ1n) is 10.8. The standard InChI is InChI=1S/C25H36NO2/c1-20-15-21(2)25(22(3)16-20)28-19-24(27)18-26(13-9-4-5-10-14-26)17-23-11-7-6-8-12-23/h6-8,11-12,15-16,24,27H,4-5,9-10,13-14,17-19H2,1-3H3/q+1. The fourth-order valence-electron chi connectivity index (χ4n) is 4.81. The van der Waals surface area contributed by atoms with Crippen LogP contribution in [-0.2, 0) is 6.54 Å². The van der Waals surface area contributed by atoms with Gasteiger partial charge in [0.15, 0.2) is 0 Å². The van der Waals surface area contributed by atoms with E-state index in [9.17, 15) is 5.11 Å². The molecule has 0 saturated carbocycles. The van der Waals surface area contributed by atoms with E-state index in [0.717, 1.165) is 47.5 Å². The van der Waals surface area contributed by atoms with Crippen molar-refractivity contribution in [3.63, 3.8) is 0 Å². The predicted octanol–water partition coefficient (Wildman–Crippen LogP) is 4.94. The number of quaternary nitrogens is 1. The number of rotatable bonds is 7. The average Bonchev–Trinajstić information content (AvgIpc) is 2.87. The molecule has 3 rings (SSSR count). The lowest BCUT2D eigenvalue weighted by Crippen LogP contribution is -2.53. The van der Waals surface area contributed by atoms with Gasteiger partial charge in [0.1, 0.15) is 31.5 Å². The van der Waals surface area contributed by atoms with Crippen LogP contribution in [0.2, 0.25) is 0 Å². The Bertz CT molecular complexity index is 725.